The number of aromatic nitrogens is 1. The number of thioether (sulfide) groups is 1. The topological polar surface area (TPSA) is 87.9 Å². The molecule has 0 radical (unpaired) electrons. The zero-order chi connectivity index (χ0) is 21.7. The van der Waals surface area contributed by atoms with E-state index >= 15 is 0 Å². The zero-order valence-corrected chi connectivity index (χ0v) is 19.2. The first kappa shape index (κ1) is 23.1. The summed E-state index contributed by atoms with van der Waals surface area (Å²) in [5.41, 5.74) is 0. The average Bonchev–Trinajstić information content (AvgIpc) is 3.10. The van der Waals surface area contributed by atoms with Gasteiger partial charge in [0.05, 0.1) is 23.2 Å². The van der Waals surface area contributed by atoms with Crippen molar-refractivity contribution in [3.8, 4) is 0 Å². The molecule has 2 aliphatic rings. The van der Waals surface area contributed by atoms with Crippen LogP contribution in [0.5, 0.6) is 0 Å². The summed E-state index contributed by atoms with van der Waals surface area (Å²) in [5.74, 6) is 1.94. The molecule has 1 aromatic heterocycles. The first-order valence-electron chi connectivity index (χ1n) is 10.8. The van der Waals surface area contributed by atoms with Crippen molar-refractivity contribution in [1.29, 1.82) is 0 Å². The lowest BCUT2D eigenvalue weighted by molar-refractivity contribution is -0.130. The molecule has 0 spiro atoms. The van der Waals surface area contributed by atoms with Gasteiger partial charge in [0.1, 0.15) is 5.76 Å². The summed E-state index contributed by atoms with van der Waals surface area (Å²) in [6, 6.07) is 1.67. The molecule has 2 fully saturated rings. The molecule has 0 aromatic carbocycles. The number of ether oxygens (including phenoxy) is 1. The van der Waals surface area contributed by atoms with Crippen molar-refractivity contribution in [2.24, 2.45) is 5.92 Å². The molecule has 0 bridgehead atoms. The van der Waals surface area contributed by atoms with Crippen LogP contribution in [0.4, 0.5) is 5.82 Å². The summed E-state index contributed by atoms with van der Waals surface area (Å²) in [6.45, 7) is 12.5. The highest BCUT2D eigenvalue weighted by atomic mass is 32.2. The van der Waals surface area contributed by atoms with E-state index in [-0.39, 0.29) is 17.1 Å². The van der Waals surface area contributed by atoms with E-state index in [4.69, 9.17) is 9.26 Å². The second-order valence-corrected chi connectivity index (χ2v) is 9.89. The lowest BCUT2D eigenvalue weighted by Gasteiger charge is -2.39. The Morgan fingerprint density at radius 1 is 1.27 bits per heavy atom. The van der Waals surface area contributed by atoms with Crippen LogP contribution >= 0.6 is 11.8 Å². The number of hydrogen-bond donors (Lipinski definition) is 1. The first-order chi connectivity index (χ1) is 14.3. The predicted molar refractivity (Wildman–Crippen MR) is 118 cm³/mol. The maximum absolute atomic E-state index is 12.6. The van der Waals surface area contributed by atoms with E-state index in [1.54, 1.807) is 19.9 Å². The number of amides is 2. The summed E-state index contributed by atoms with van der Waals surface area (Å²) in [7, 11) is 0. The lowest BCUT2D eigenvalue weighted by atomic mass is 9.95. The van der Waals surface area contributed by atoms with Crippen LogP contribution in [0.2, 0.25) is 0 Å². The van der Waals surface area contributed by atoms with Crippen LogP contribution in [-0.4, -0.2) is 82.7 Å². The Bertz CT molecular complexity index is 710. The Hall–Kier alpha value is -1.58. The van der Waals surface area contributed by atoms with Gasteiger partial charge in [-0.1, -0.05) is 5.16 Å². The van der Waals surface area contributed by atoms with Crippen molar-refractivity contribution in [1.82, 2.24) is 15.0 Å². The molecule has 1 aromatic rings. The van der Waals surface area contributed by atoms with Gasteiger partial charge in [-0.3, -0.25) is 14.5 Å². The molecule has 0 saturated carbocycles. The number of aryl methyl sites for hydroxylation is 1. The molecular weight excluding hydrogens is 404 g/mol. The van der Waals surface area contributed by atoms with E-state index < -0.39 is 0 Å². The molecule has 2 aliphatic heterocycles. The van der Waals surface area contributed by atoms with Crippen molar-refractivity contribution in [3.63, 3.8) is 0 Å². The van der Waals surface area contributed by atoms with Gasteiger partial charge in [-0.15, -0.1) is 11.8 Å². The van der Waals surface area contributed by atoms with Crippen LogP contribution in [0.15, 0.2) is 10.6 Å². The summed E-state index contributed by atoms with van der Waals surface area (Å²) in [4.78, 5) is 29.3. The van der Waals surface area contributed by atoms with Gasteiger partial charge in [0.25, 0.3) is 0 Å². The van der Waals surface area contributed by atoms with Crippen molar-refractivity contribution < 1.29 is 18.8 Å². The number of hydrogen-bond acceptors (Lipinski definition) is 7. The van der Waals surface area contributed by atoms with E-state index in [2.05, 4.69) is 29.2 Å². The van der Waals surface area contributed by atoms with Crippen molar-refractivity contribution in [2.45, 2.75) is 58.0 Å². The summed E-state index contributed by atoms with van der Waals surface area (Å²) >= 11 is 1.36. The van der Waals surface area contributed by atoms with Crippen LogP contribution in [0, 0.1) is 12.8 Å². The SMILES string of the molecule is Cc1cc(NC(=O)C(C)SCC(=O)N2CCC(CN3CC(C)OC(C)C3)CC2)no1. The first-order valence-corrected chi connectivity index (χ1v) is 11.9. The number of carbonyl (C=O) groups is 2. The molecular formula is C21H34N4O4S. The smallest absolute Gasteiger partial charge is 0.238 e. The normalized spacial score (nSPS) is 24.6. The molecule has 9 heteroatoms. The van der Waals surface area contributed by atoms with E-state index in [1.165, 1.54) is 11.8 Å². The quantitative estimate of drug-likeness (QED) is 0.699. The molecule has 3 atom stereocenters. The fourth-order valence-corrected chi connectivity index (χ4v) is 4.97. The third-order valence-electron chi connectivity index (χ3n) is 5.68. The standard InChI is InChI=1S/C21H34N4O4S/c1-14-9-19(23-29-14)22-21(27)17(4)30-13-20(26)25-7-5-18(6-8-25)12-24-10-15(2)28-16(3)11-24/h9,15-18H,5-8,10-13H2,1-4H3,(H,22,23,27). The number of carbonyl (C=O) groups excluding carboxylic acids is 2. The van der Waals surface area contributed by atoms with E-state index in [0.717, 1.165) is 45.6 Å². The van der Waals surface area contributed by atoms with E-state index in [9.17, 15) is 9.59 Å². The Labute approximate surface area is 183 Å². The predicted octanol–water partition coefficient (Wildman–Crippen LogP) is 2.39. The molecule has 0 aliphatic carbocycles. The number of anilines is 1. The van der Waals surface area contributed by atoms with Gasteiger partial charge in [0.2, 0.25) is 11.8 Å². The van der Waals surface area contributed by atoms with Crippen molar-refractivity contribution >= 4 is 29.4 Å². The van der Waals surface area contributed by atoms with Gasteiger partial charge in [-0.25, -0.2) is 0 Å². The molecule has 168 valence electrons. The van der Waals surface area contributed by atoms with E-state index in [0.29, 0.717) is 35.5 Å². The second kappa shape index (κ2) is 10.6. The van der Waals surface area contributed by atoms with Crippen molar-refractivity contribution in [2.75, 3.05) is 43.8 Å². The molecule has 1 N–H and O–H groups in total. The Balaban J connectivity index is 1.35. The Kier molecular flexibility index (Phi) is 8.19. The molecule has 3 unspecified atom stereocenters. The molecule has 30 heavy (non-hydrogen) atoms. The Morgan fingerprint density at radius 3 is 2.53 bits per heavy atom. The number of likely N-dealkylation sites (tertiary alicyclic amines) is 1. The largest absolute Gasteiger partial charge is 0.373 e. The summed E-state index contributed by atoms with van der Waals surface area (Å²) < 4.78 is 10.8. The highest BCUT2D eigenvalue weighted by molar-refractivity contribution is 8.01. The van der Waals surface area contributed by atoms with Crippen LogP contribution in [0.1, 0.15) is 39.4 Å². The molecule has 2 saturated heterocycles. The number of nitrogens with one attached hydrogen (secondary N) is 1. The minimum absolute atomic E-state index is 0.115. The lowest BCUT2D eigenvalue weighted by Crippen LogP contribution is -2.49. The highest BCUT2D eigenvalue weighted by Gasteiger charge is 2.28. The second-order valence-electron chi connectivity index (χ2n) is 8.57. The van der Waals surface area contributed by atoms with Crippen LogP contribution in [-0.2, 0) is 14.3 Å². The number of piperidine rings is 1. The minimum atomic E-state index is -0.339. The third kappa shape index (κ3) is 6.72. The maximum atomic E-state index is 12.6. The summed E-state index contributed by atoms with van der Waals surface area (Å²) in [5, 5.41) is 6.14. The number of rotatable bonds is 7. The van der Waals surface area contributed by atoms with Crippen LogP contribution < -0.4 is 5.32 Å². The zero-order valence-electron chi connectivity index (χ0n) is 18.4. The Morgan fingerprint density at radius 2 is 1.93 bits per heavy atom. The molecule has 3 heterocycles. The van der Waals surface area contributed by atoms with Crippen LogP contribution in [0.3, 0.4) is 0 Å². The maximum Gasteiger partial charge on any atom is 0.238 e. The molecule has 8 nitrogen and oxygen atoms in total. The van der Waals surface area contributed by atoms with Gasteiger partial charge in [-0.2, -0.15) is 0 Å². The van der Waals surface area contributed by atoms with Gasteiger partial charge in [0.15, 0.2) is 5.82 Å². The monoisotopic (exact) mass is 438 g/mol. The van der Waals surface area contributed by atoms with Crippen LogP contribution in [0.25, 0.3) is 0 Å². The summed E-state index contributed by atoms with van der Waals surface area (Å²) in [6.07, 6.45) is 2.66. The minimum Gasteiger partial charge on any atom is -0.373 e. The highest BCUT2D eigenvalue weighted by Crippen LogP contribution is 2.22. The van der Waals surface area contributed by atoms with E-state index in [1.807, 2.05) is 4.90 Å². The van der Waals surface area contributed by atoms with Gasteiger partial charge in [0, 0.05) is 38.8 Å². The fourth-order valence-electron chi connectivity index (χ4n) is 4.18. The number of nitrogens with zero attached hydrogens (tertiary/aromatic N) is 3. The van der Waals surface area contributed by atoms with Crippen molar-refractivity contribution in [3.05, 3.63) is 11.8 Å². The number of morpholine rings is 1. The fraction of sp³-hybridized carbons (Fsp3) is 0.762. The third-order valence-corrected chi connectivity index (χ3v) is 6.81. The average molecular weight is 439 g/mol. The van der Waals surface area contributed by atoms with Gasteiger partial charge < -0.3 is 19.5 Å². The van der Waals surface area contributed by atoms with Gasteiger partial charge in [-0.05, 0) is 46.5 Å². The van der Waals surface area contributed by atoms with Gasteiger partial charge >= 0.3 is 0 Å². The molecule has 2 amide bonds. The molecule has 3 rings (SSSR count).